The van der Waals surface area contributed by atoms with Crippen molar-refractivity contribution in [2.45, 2.75) is 6.61 Å². The SMILES string of the molecule is Cl.NCCNCCNC(=O)CNC(=O)OCc1ccccc1. The van der Waals surface area contributed by atoms with Gasteiger partial charge >= 0.3 is 6.09 Å². The molecule has 1 rings (SSSR count). The molecular formula is C14H23ClN4O3. The van der Waals surface area contributed by atoms with Crippen LogP contribution < -0.4 is 21.7 Å². The lowest BCUT2D eigenvalue weighted by molar-refractivity contribution is -0.120. The monoisotopic (exact) mass is 330 g/mol. The van der Waals surface area contributed by atoms with Gasteiger partial charge in [-0.05, 0) is 5.56 Å². The molecule has 8 heteroatoms. The lowest BCUT2D eigenvalue weighted by Crippen LogP contribution is -2.40. The zero-order chi connectivity index (χ0) is 15.3. The summed E-state index contributed by atoms with van der Waals surface area (Å²) in [5, 5.41) is 8.09. The minimum Gasteiger partial charge on any atom is -0.445 e. The molecule has 0 aromatic heterocycles. The summed E-state index contributed by atoms with van der Waals surface area (Å²) in [6.45, 7) is 2.46. The summed E-state index contributed by atoms with van der Waals surface area (Å²) < 4.78 is 4.98. The topological polar surface area (TPSA) is 105 Å². The van der Waals surface area contributed by atoms with Crippen LogP contribution in [0.4, 0.5) is 4.79 Å². The number of nitrogens with one attached hydrogen (secondary N) is 3. The van der Waals surface area contributed by atoms with Crippen LogP contribution in [0.3, 0.4) is 0 Å². The summed E-state index contributed by atoms with van der Waals surface area (Å²) in [6.07, 6.45) is -0.616. The van der Waals surface area contributed by atoms with Crippen molar-refractivity contribution < 1.29 is 14.3 Å². The van der Waals surface area contributed by atoms with Gasteiger partial charge in [-0.1, -0.05) is 30.3 Å². The van der Waals surface area contributed by atoms with E-state index in [1.165, 1.54) is 0 Å². The van der Waals surface area contributed by atoms with Crippen molar-refractivity contribution >= 4 is 24.4 Å². The van der Waals surface area contributed by atoms with E-state index in [1.807, 2.05) is 30.3 Å². The van der Waals surface area contributed by atoms with Crippen molar-refractivity contribution in [2.24, 2.45) is 5.73 Å². The van der Waals surface area contributed by atoms with E-state index in [9.17, 15) is 9.59 Å². The maximum atomic E-state index is 11.4. The van der Waals surface area contributed by atoms with Gasteiger partial charge in [-0.15, -0.1) is 12.4 Å². The number of hydrogen-bond donors (Lipinski definition) is 4. The van der Waals surface area contributed by atoms with Gasteiger partial charge in [-0.2, -0.15) is 0 Å². The number of alkyl carbamates (subject to hydrolysis) is 1. The fraction of sp³-hybridized carbons (Fsp3) is 0.429. The van der Waals surface area contributed by atoms with Gasteiger partial charge in [0.05, 0.1) is 6.54 Å². The van der Waals surface area contributed by atoms with Crippen molar-refractivity contribution in [3.05, 3.63) is 35.9 Å². The Labute approximate surface area is 136 Å². The number of benzene rings is 1. The summed E-state index contributed by atoms with van der Waals surface area (Å²) in [5.41, 5.74) is 6.20. The number of amides is 2. The molecule has 0 aliphatic heterocycles. The highest BCUT2D eigenvalue weighted by Crippen LogP contribution is 2.00. The van der Waals surface area contributed by atoms with E-state index in [0.717, 1.165) is 5.56 Å². The molecule has 22 heavy (non-hydrogen) atoms. The lowest BCUT2D eigenvalue weighted by Gasteiger charge is -2.08. The second-order valence-electron chi connectivity index (χ2n) is 4.30. The maximum absolute atomic E-state index is 11.4. The summed E-state index contributed by atoms with van der Waals surface area (Å²) in [6, 6.07) is 9.32. The smallest absolute Gasteiger partial charge is 0.407 e. The predicted octanol–water partition coefficient (Wildman–Crippen LogP) is -0.000900. The van der Waals surface area contributed by atoms with Crippen LogP contribution in [0, 0.1) is 0 Å². The zero-order valence-corrected chi connectivity index (χ0v) is 13.2. The van der Waals surface area contributed by atoms with E-state index in [0.29, 0.717) is 26.2 Å². The Bertz CT molecular complexity index is 431. The molecule has 5 N–H and O–H groups in total. The van der Waals surface area contributed by atoms with Gasteiger partial charge in [-0.3, -0.25) is 4.79 Å². The number of ether oxygens (including phenoxy) is 1. The average molecular weight is 331 g/mol. The van der Waals surface area contributed by atoms with Crippen molar-refractivity contribution in [1.29, 1.82) is 0 Å². The fourth-order valence-electron chi connectivity index (χ4n) is 1.51. The molecule has 0 saturated heterocycles. The van der Waals surface area contributed by atoms with Crippen LogP contribution in [-0.2, 0) is 16.1 Å². The molecule has 1 aromatic carbocycles. The molecule has 0 spiro atoms. The maximum Gasteiger partial charge on any atom is 0.407 e. The van der Waals surface area contributed by atoms with E-state index in [-0.39, 0.29) is 31.5 Å². The second kappa shape index (κ2) is 12.9. The molecule has 7 nitrogen and oxygen atoms in total. The molecule has 0 unspecified atom stereocenters. The largest absolute Gasteiger partial charge is 0.445 e. The first-order valence-corrected chi connectivity index (χ1v) is 6.84. The van der Waals surface area contributed by atoms with Crippen molar-refractivity contribution in [3.8, 4) is 0 Å². The van der Waals surface area contributed by atoms with Crippen LogP contribution in [0.5, 0.6) is 0 Å². The fourth-order valence-corrected chi connectivity index (χ4v) is 1.51. The molecule has 0 radical (unpaired) electrons. The van der Waals surface area contributed by atoms with Crippen molar-refractivity contribution in [3.63, 3.8) is 0 Å². The van der Waals surface area contributed by atoms with Crippen molar-refractivity contribution in [2.75, 3.05) is 32.7 Å². The molecule has 0 fully saturated rings. The van der Waals surface area contributed by atoms with E-state index < -0.39 is 6.09 Å². The van der Waals surface area contributed by atoms with Crippen molar-refractivity contribution in [1.82, 2.24) is 16.0 Å². The minimum absolute atomic E-state index is 0. The number of halogens is 1. The Hall–Kier alpha value is -1.83. The quantitative estimate of drug-likeness (QED) is 0.477. The molecule has 2 amide bonds. The number of carbonyl (C=O) groups excluding carboxylic acids is 2. The number of carbonyl (C=O) groups is 2. The van der Waals surface area contributed by atoms with E-state index in [2.05, 4.69) is 16.0 Å². The van der Waals surface area contributed by atoms with Crippen LogP contribution in [0.2, 0.25) is 0 Å². The van der Waals surface area contributed by atoms with Gasteiger partial charge in [0.1, 0.15) is 6.61 Å². The predicted molar refractivity (Wildman–Crippen MR) is 86.8 cm³/mol. The van der Waals surface area contributed by atoms with E-state index in [1.54, 1.807) is 0 Å². The lowest BCUT2D eigenvalue weighted by atomic mass is 10.2. The van der Waals surface area contributed by atoms with Crippen LogP contribution in [-0.4, -0.2) is 44.7 Å². The summed E-state index contributed by atoms with van der Waals surface area (Å²) in [5.74, 6) is -0.263. The molecule has 0 bridgehead atoms. The van der Waals surface area contributed by atoms with Gasteiger partial charge in [0.25, 0.3) is 0 Å². The highest BCUT2D eigenvalue weighted by atomic mass is 35.5. The summed E-state index contributed by atoms with van der Waals surface area (Å²) >= 11 is 0. The molecule has 124 valence electrons. The van der Waals surface area contributed by atoms with E-state index >= 15 is 0 Å². The number of hydrogen-bond acceptors (Lipinski definition) is 5. The van der Waals surface area contributed by atoms with Crippen LogP contribution in [0.25, 0.3) is 0 Å². The normalized spacial score (nSPS) is 9.50. The molecule has 0 saturated carbocycles. The average Bonchev–Trinajstić information content (AvgIpc) is 2.51. The molecule has 1 aromatic rings. The third-order valence-corrected chi connectivity index (χ3v) is 2.55. The van der Waals surface area contributed by atoms with Gasteiger partial charge in [0, 0.05) is 26.2 Å². The third kappa shape index (κ3) is 9.98. The minimum atomic E-state index is -0.616. The van der Waals surface area contributed by atoms with Gasteiger partial charge in [0.2, 0.25) is 5.91 Å². The van der Waals surface area contributed by atoms with Gasteiger partial charge in [-0.25, -0.2) is 4.79 Å². The Morgan fingerprint density at radius 2 is 1.77 bits per heavy atom. The Balaban J connectivity index is 0.00000441. The summed E-state index contributed by atoms with van der Waals surface area (Å²) in [7, 11) is 0. The zero-order valence-electron chi connectivity index (χ0n) is 12.3. The first-order chi connectivity index (χ1) is 10.2. The van der Waals surface area contributed by atoms with Crippen LogP contribution >= 0.6 is 12.4 Å². The first-order valence-electron chi connectivity index (χ1n) is 6.84. The number of rotatable bonds is 9. The molecular weight excluding hydrogens is 308 g/mol. The second-order valence-corrected chi connectivity index (χ2v) is 4.30. The third-order valence-electron chi connectivity index (χ3n) is 2.55. The van der Waals surface area contributed by atoms with E-state index in [4.69, 9.17) is 10.5 Å². The Morgan fingerprint density at radius 3 is 2.45 bits per heavy atom. The molecule has 0 aliphatic carbocycles. The summed E-state index contributed by atoms with van der Waals surface area (Å²) in [4.78, 5) is 22.8. The van der Waals surface area contributed by atoms with Crippen LogP contribution in [0.1, 0.15) is 5.56 Å². The van der Waals surface area contributed by atoms with Gasteiger partial charge < -0.3 is 26.4 Å². The standard InChI is InChI=1S/C14H22N4O3.ClH/c15-6-7-16-8-9-17-13(19)10-18-14(20)21-11-12-4-2-1-3-5-12;/h1-5,16H,6-11,15H2,(H,17,19)(H,18,20);1H. The van der Waals surface area contributed by atoms with Gasteiger partial charge in [0.15, 0.2) is 0 Å². The highest BCUT2D eigenvalue weighted by Gasteiger charge is 2.05. The Kier molecular flexibility index (Phi) is 11.8. The molecule has 0 atom stereocenters. The number of nitrogens with two attached hydrogens (primary N) is 1. The Morgan fingerprint density at radius 1 is 1.05 bits per heavy atom. The molecule has 0 aliphatic rings. The highest BCUT2D eigenvalue weighted by molar-refractivity contribution is 5.85. The van der Waals surface area contributed by atoms with Crippen LogP contribution in [0.15, 0.2) is 30.3 Å². The molecule has 0 heterocycles. The first kappa shape index (κ1) is 20.2.